The van der Waals surface area contributed by atoms with E-state index in [1.54, 1.807) is 28.6 Å². The molecule has 2 aliphatic heterocycles. The minimum atomic E-state index is -4.73. The van der Waals surface area contributed by atoms with E-state index in [0.717, 1.165) is 24.5 Å². The molecule has 1 saturated carbocycles. The number of hydrogen-bond donors (Lipinski definition) is 0. The molecule has 3 aliphatic rings. The van der Waals surface area contributed by atoms with Crippen molar-refractivity contribution >= 4 is 17.8 Å². The Bertz CT molecular complexity index is 2220. The lowest BCUT2D eigenvalue weighted by atomic mass is 9.98. The maximum absolute atomic E-state index is 14.6. The molecule has 1 saturated heterocycles. The van der Waals surface area contributed by atoms with Crippen molar-refractivity contribution in [2.24, 2.45) is 13.0 Å². The van der Waals surface area contributed by atoms with E-state index < -0.39 is 29.6 Å². The second-order valence-electron chi connectivity index (χ2n) is 14.1. The Balaban J connectivity index is 1.00. The maximum Gasteiger partial charge on any atom is 0.416 e. The number of amides is 2. The molecular weight excluding hydrogens is 704 g/mol. The smallest absolute Gasteiger partial charge is 0.416 e. The zero-order valence-electron chi connectivity index (χ0n) is 29.4. The number of rotatable bonds is 10. The van der Waals surface area contributed by atoms with Crippen LogP contribution in [-0.2, 0) is 42.5 Å². The van der Waals surface area contributed by atoms with Gasteiger partial charge in [-0.1, -0.05) is 36.4 Å². The van der Waals surface area contributed by atoms with Gasteiger partial charge < -0.3 is 18.9 Å². The average molecular weight is 741 g/mol. The number of fused-ring (bicyclic) bond motifs is 1. The van der Waals surface area contributed by atoms with Crippen LogP contribution in [-0.4, -0.2) is 56.3 Å². The van der Waals surface area contributed by atoms with Crippen LogP contribution in [0.2, 0.25) is 0 Å². The molecule has 54 heavy (non-hydrogen) atoms. The quantitative estimate of drug-likeness (QED) is 0.134. The number of carbonyl (C=O) groups is 2. The summed E-state index contributed by atoms with van der Waals surface area (Å²) in [5.74, 6) is -0.306. The maximum atomic E-state index is 14.6. The molecule has 0 bridgehead atoms. The number of hydrogen-bond acceptors (Lipinski definition) is 7. The van der Waals surface area contributed by atoms with Gasteiger partial charge in [-0.3, -0.25) is 9.69 Å². The van der Waals surface area contributed by atoms with E-state index in [1.165, 1.54) is 29.4 Å². The van der Waals surface area contributed by atoms with Crippen molar-refractivity contribution in [3.05, 3.63) is 118 Å². The standard InChI is InChI=1S/C40H36F4N6O4/c1-48-23-45-47-37(48)31-17-29(41)9-10-30(31)28-15-35(27-7-8-27)46-36(16-28)50-19-33-32(38(50)51)13-26(14-34(33)40(42,43)44)21-53-20-25-11-12-49(18-25)39(52)54-22-24-5-3-2-4-6-24/h2-6,9-10,13-17,23,25,27H,7-8,11-12,18-22H2,1H3/t25-/m1/s1. The van der Waals surface area contributed by atoms with E-state index in [-0.39, 0.29) is 60.7 Å². The van der Waals surface area contributed by atoms with Crippen LogP contribution in [0.25, 0.3) is 22.5 Å². The second-order valence-corrected chi connectivity index (χ2v) is 14.1. The highest BCUT2D eigenvalue weighted by Gasteiger charge is 2.41. The summed E-state index contributed by atoms with van der Waals surface area (Å²) in [7, 11) is 1.74. The third-order valence-corrected chi connectivity index (χ3v) is 10.1. The molecule has 2 aromatic heterocycles. The van der Waals surface area contributed by atoms with Crippen LogP contribution in [0.5, 0.6) is 0 Å². The van der Waals surface area contributed by atoms with Gasteiger partial charge in [-0.15, -0.1) is 10.2 Å². The van der Waals surface area contributed by atoms with E-state index in [9.17, 15) is 27.2 Å². The molecule has 5 aromatic rings. The molecular formula is C40H36F4N6O4. The molecule has 1 aliphatic carbocycles. The Morgan fingerprint density at radius 3 is 2.48 bits per heavy atom. The summed E-state index contributed by atoms with van der Waals surface area (Å²) in [6.07, 6.45) is -1.20. The fourth-order valence-electron chi connectivity index (χ4n) is 7.18. The molecule has 0 radical (unpaired) electrons. The van der Waals surface area contributed by atoms with Gasteiger partial charge in [-0.2, -0.15) is 13.2 Å². The number of alkyl halides is 3. The first-order chi connectivity index (χ1) is 26.0. The number of pyridine rings is 1. The summed E-state index contributed by atoms with van der Waals surface area (Å²) in [6, 6.07) is 19.7. The van der Waals surface area contributed by atoms with Crippen molar-refractivity contribution in [1.29, 1.82) is 0 Å². The zero-order chi connectivity index (χ0) is 37.6. The third-order valence-electron chi connectivity index (χ3n) is 10.1. The van der Waals surface area contributed by atoms with Gasteiger partial charge >= 0.3 is 12.3 Å². The largest absolute Gasteiger partial charge is 0.445 e. The number of halogens is 4. The Kier molecular flexibility index (Phi) is 9.38. The number of aryl methyl sites for hydroxylation is 1. The SMILES string of the molecule is Cn1cnnc1-c1cc(F)ccc1-c1cc(C2CC2)nc(N2Cc3c(cc(COC[C@@H]4CCN(C(=O)OCc5ccccc5)C4)cc3C(F)(F)F)C2=O)c1. The number of aromatic nitrogens is 4. The van der Waals surface area contributed by atoms with Crippen LogP contribution >= 0.6 is 0 Å². The number of likely N-dealkylation sites (tertiary alicyclic amines) is 1. The van der Waals surface area contributed by atoms with E-state index in [4.69, 9.17) is 14.5 Å². The van der Waals surface area contributed by atoms with Gasteiger partial charge in [0.15, 0.2) is 5.82 Å². The monoisotopic (exact) mass is 740 g/mol. The average Bonchev–Trinajstić information content (AvgIpc) is 3.60. The predicted octanol–water partition coefficient (Wildman–Crippen LogP) is 7.92. The summed E-state index contributed by atoms with van der Waals surface area (Å²) in [6.45, 7) is 0.822. The van der Waals surface area contributed by atoms with Crippen LogP contribution in [0.15, 0.2) is 79.1 Å². The lowest BCUT2D eigenvalue weighted by Crippen LogP contribution is -2.29. The first-order valence-electron chi connectivity index (χ1n) is 17.8. The Morgan fingerprint density at radius 2 is 1.74 bits per heavy atom. The number of anilines is 1. The molecule has 0 N–H and O–H groups in total. The van der Waals surface area contributed by atoms with E-state index in [1.807, 2.05) is 36.4 Å². The fraction of sp³-hybridized carbons (Fsp3) is 0.325. The highest BCUT2D eigenvalue weighted by molar-refractivity contribution is 6.10. The molecule has 3 aromatic carbocycles. The Morgan fingerprint density at radius 1 is 0.926 bits per heavy atom. The molecule has 8 rings (SSSR count). The summed E-state index contributed by atoms with van der Waals surface area (Å²) < 4.78 is 71.2. The summed E-state index contributed by atoms with van der Waals surface area (Å²) in [5, 5.41) is 8.10. The molecule has 4 heterocycles. The van der Waals surface area contributed by atoms with Crippen LogP contribution in [0.3, 0.4) is 0 Å². The minimum Gasteiger partial charge on any atom is -0.445 e. The molecule has 2 amide bonds. The fourth-order valence-corrected chi connectivity index (χ4v) is 7.18. The lowest BCUT2D eigenvalue weighted by Gasteiger charge is -2.19. The van der Waals surface area contributed by atoms with Crippen LogP contribution in [0.4, 0.5) is 28.2 Å². The van der Waals surface area contributed by atoms with E-state index in [0.29, 0.717) is 47.7 Å². The van der Waals surface area contributed by atoms with Gasteiger partial charge in [0.1, 0.15) is 24.6 Å². The number of nitrogens with zero attached hydrogens (tertiary/aromatic N) is 6. The molecule has 1 atom stereocenters. The van der Waals surface area contributed by atoms with Crippen molar-refractivity contribution in [1.82, 2.24) is 24.6 Å². The number of carbonyl (C=O) groups excluding carboxylic acids is 2. The molecule has 10 nitrogen and oxygen atoms in total. The first-order valence-corrected chi connectivity index (χ1v) is 17.8. The van der Waals surface area contributed by atoms with Crippen LogP contribution in [0, 0.1) is 11.7 Å². The molecule has 278 valence electrons. The first kappa shape index (κ1) is 35.4. The zero-order valence-corrected chi connectivity index (χ0v) is 29.4. The van der Waals surface area contributed by atoms with Gasteiger partial charge in [0.25, 0.3) is 5.91 Å². The number of ether oxygens (including phenoxy) is 2. The molecule has 2 fully saturated rings. The van der Waals surface area contributed by atoms with Crippen molar-refractivity contribution in [3.8, 4) is 22.5 Å². The predicted molar refractivity (Wildman–Crippen MR) is 190 cm³/mol. The van der Waals surface area contributed by atoms with Crippen LogP contribution in [0.1, 0.15) is 63.5 Å². The van der Waals surface area contributed by atoms with Gasteiger partial charge in [-0.25, -0.2) is 14.2 Å². The highest BCUT2D eigenvalue weighted by Crippen LogP contribution is 2.44. The number of benzene rings is 3. The summed E-state index contributed by atoms with van der Waals surface area (Å²) >= 11 is 0. The molecule has 0 spiro atoms. The van der Waals surface area contributed by atoms with E-state index >= 15 is 0 Å². The van der Waals surface area contributed by atoms with Gasteiger partial charge in [0.2, 0.25) is 0 Å². The topological polar surface area (TPSA) is 103 Å². The van der Waals surface area contributed by atoms with Crippen molar-refractivity contribution in [3.63, 3.8) is 0 Å². The van der Waals surface area contributed by atoms with E-state index in [2.05, 4.69) is 10.2 Å². The van der Waals surface area contributed by atoms with Crippen molar-refractivity contribution in [2.45, 2.75) is 51.1 Å². The molecule has 14 heteroatoms. The van der Waals surface area contributed by atoms with Gasteiger partial charge in [0.05, 0.1) is 25.3 Å². The second kappa shape index (κ2) is 14.3. The molecule has 0 unspecified atom stereocenters. The normalized spacial score (nSPS) is 17.0. The Labute approximate surface area is 308 Å². The van der Waals surface area contributed by atoms with Gasteiger partial charge in [-0.05, 0) is 83.5 Å². The van der Waals surface area contributed by atoms with Crippen molar-refractivity contribution in [2.75, 3.05) is 24.6 Å². The Hall–Kier alpha value is -5.63. The lowest BCUT2D eigenvalue weighted by molar-refractivity contribution is -0.138. The van der Waals surface area contributed by atoms with Crippen LogP contribution < -0.4 is 4.90 Å². The third kappa shape index (κ3) is 7.30. The van der Waals surface area contributed by atoms with Crippen molar-refractivity contribution < 1.29 is 36.6 Å². The summed E-state index contributed by atoms with van der Waals surface area (Å²) in [4.78, 5) is 34.2. The summed E-state index contributed by atoms with van der Waals surface area (Å²) in [5.41, 5.74) is 2.44. The van der Waals surface area contributed by atoms with Gasteiger partial charge in [0, 0.05) is 48.8 Å². The highest BCUT2D eigenvalue weighted by atomic mass is 19.4. The minimum absolute atomic E-state index is 0.0165.